The number of H-pyrrole nitrogens is 1. The van der Waals surface area contributed by atoms with Crippen LogP contribution in [-0.4, -0.2) is 62.8 Å². The smallest absolute Gasteiger partial charge is 0.256 e. The van der Waals surface area contributed by atoms with Crippen molar-refractivity contribution < 1.29 is 9.59 Å². The predicted octanol–water partition coefficient (Wildman–Crippen LogP) is 3.73. The van der Waals surface area contributed by atoms with Gasteiger partial charge in [0.25, 0.3) is 5.91 Å². The third-order valence-corrected chi connectivity index (χ3v) is 7.75. The summed E-state index contributed by atoms with van der Waals surface area (Å²) >= 11 is 0. The highest BCUT2D eigenvalue weighted by Crippen LogP contribution is 2.46. The van der Waals surface area contributed by atoms with Gasteiger partial charge in [0.1, 0.15) is 11.4 Å². The van der Waals surface area contributed by atoms with Gasteiger partial charge in [-0.05, 0) is 48.4 Å². The van der Waals surface area contributed by atoms with Crippen molar-refractivity contribution in [1.82, 2.24) is 20.0 Å². The molecule has 3 heterocycles. The Kier molecular flexibility index (Phi) is 4.50. The molecule has 1 N–H and O–H groups in total. The minimum absolute atomic E-state index is 0.137. The van der Waals surface area contributed by atoms with Crippen molar-refractivity contribution in [2.24, 2.45) is 16.8 Å². The van der Waals surface area contributed by atoms with Crippen molar-refractivity contribution in [2.45, 2.75) is 31.2 Å². The van der Waals surface area contributed by atoms with Crippen molar-refractivity contribution in [2.75, 3.05) is 19.6 Å². The second-order valence-corrected chi connectivity index (χ2v) is 10.4. The molecule has 1 aromatic heterocycles. The van der Waals surface area contributed by atoms with Crippen LogP contribution in [0, 0.1) is 11.8 Å². The third-order valence-electron chi connectivity index (χ3n) is 7.75. The van der Waals surface area contributed by atoms with E-state index in [1.807, 2.05) is 15.9 Å². The van der Waals surface area contributed by atoms with Crippen LogP contribution in [0.15, 0.2) is 65.8 Å². The van der Waals surface area contributed by atoms with Crippen LogP contribution in [0.3, 0.4) is 0 Å². The fraction of sp³-hybridized carbons (Fsp3) is 0.357. The molecule has 1 spiro atoms. The van der Waals surface area contributed by atoms with E-state index in [9.17, 15) is 9.59 Å². The fourth-order valence-corrected chi connectivity index (χ4v) is 5.27. The lowest BCUT2D eigenvalue weighted by Gasteiger charge is -2.41. The lowest BCUT2D eigenvalue weighted by Crippen LogP contribution is -2.55. The molecule has 1 saturated heterocycles. The van der Waals surface area contributed by atoms with E-state index in [4.69, 9.17) is 4.99 Å². The predicted molar refractivity (Wildman–Crippen MR) is 132 cm³/mol. The monoisotopic (exact) mass is 465 g/mol. The van der Waals surface area contributed by atoms with Crippen molar-refractivity contribution in [3.05, 3.63) is 66.4 Å². The first-order valence-electron chi connectivity index (χ1n) is 12.5. The summed E-state index contributed by atoms with van der Waals surface area (Å²) in [5, 5.41) is 7.01. The summed E-state index contributed by atoms with van der Waals surface area (Å²) in [5.74, 6) is 1.82. The van der Waals surface area contributed by atoms with Gasteiger partial charge in [-0.2, -0.15) is 5.10 Å². The molecule has 0 bridgehead atoms. The molecule has 7 heteroatoms. The van der Waals surface area contributed by atoms with E-state index in [2.05, 4.69) is 58.7 Å². The molecule has 7 rings (SSSR count). The average molecular weight is 466 g/mol. The van der Waals surface area contributed by atoms with Crippen LogP contribution in [0.25, 0.3) is 22.4 Å². The number of aliphatic imine (C=N–C) groups is 1. The molecule has 35 heavy (non-hydrogen) atoms. The first-order valence-corrected chi connectivity index (χ1v) is 12.5. The van der Waals surface area contributed by atoms with Gasteiger partial charge in [0.15, 0.2) is 0 Å². The number of aromatic nitrogens is 2. The maximum Gasteiger partial charge on any atom is 0.256 e. The van der Waals surface area contributed by atoms with Gasteiger partial charge in [-0.3, -0.25) is 24.6 Å². The Morgan fingerprint density at radius 1 is 0.914 bits per heavy atom. The van der Waals surface area contributed by atoms with E-state index in [1.54, 1.807) is 6.20 Å². The fourth-order valence-electron chi connectivity index (χ4n) is 5.27. The number of rotatable bonds is 6. The Morgan fingerprint density at radius 2 is 1.54 bits per heavy atom. The Balaban J connectivity index is 1.08. The van der Waals surface area contributed by atoms with E-state index in [0.29, 0.717) is 18.4 Å². The van der Waals surface area contributed by atoms with Gasteiger partial charge in [-0.25, -0.2) is 0 Å². The van der Waals surface area contributed by atoms with Gasteiger partial charge in [0.2, 0.25) is 5.91 Å². The molecule has 7 nitrogen and oxygen atoms in total. The summed E-state index contributed by atoms with van der Waals surface area (Å²) in [7, 11) is 0. The molecule has 0 unspecified atom stereocenters. The largest absolute Gasteiger partial charge is 0.342 e. The first-order chi connectivity index (χ1) is 17.1. The van der Waals surface area contributed by atoms with Crippen LogP contribution in [0.2, 0.25) is 0 Å². The molecule has 3 aromatic rings. The molecule has 176 valence electrons. The van der Waals surface area contributed by atoms with Crippen LogP contribution < -0.4 is 0 Å². The van der Waals surface area contributed by atoms with E-state index >= 15 is 0 Å². The summed E-state index contributed by atoms with van der Waals surface area (Å²) in [6.07, 6.45) is 5.50. The molecule has 2 aliphatic carbocycles. The zero-order valence-corrected chi connectivity index (χ0v) is 19.5. The first kappa shape index (κ1) is 20.6. The van der Waals surface area contributed by atoms with Crippen molar-refractivity contribution in [1.29, 1.82) is 0 Å². The molecule has 0 radical (unpaired) electrons. The number of carbonyl (C=O) groups is 2. The standard InChI is InChI=1S/C28H27N5O2/c34-26(23-9-10-23)32-15-18(16-32)17-33-25(30-28(12-13-28)27(33)35)22-7-3-20(4-8-22)19-1-5-21(6-2-19)24-11-14-29-31-24/h1-8,11,14,18,23H,9-10,12-13,15-17H2,(H,29,31). The maximum absolute atomic E-state index is 13.2. The van der Waals surface area contributed by atoms with Gasteiger partial charge in [-0.15, -0.1) is 0 Å². The molecule has 4 aliphatic rings. The van der Waals surface area contributed by atoms with Gasteiger partial charge >= 0.3 is 0 Å². The Hall–Kier alpha value is -3.74. The zero-order chi connectivity index (χ0) is 23.6. The lowest BCUT2D eigenvalue weighted by molar-refractivity contribution is -0.139. The number of likely N-dealkylation sites (tertiary alicyclic amines) is 1. The highest BCUT2D eigenvalue weighted by Gasteiger charge is 2.57. The minimum atomic E-state index is -0.524. The van der Waals surface area contributed by atoms with Crippen molar-refractivity contribution >= 4 is 17.6 Å². The van der Waals surface area contributed by atoms with E-state index in [-0.39, 0.29) is 11.8 Å². The number of amidine groups is 1. The maximum atomic E-state index is 13.2. The van der Waals surface area contributed by atoms with Crippen LogP contribution in [0.4, 0.5) is 0 Å². The van der Waals surface area contributed by atoms with Gasteiger partial charge in [0, 0.05) is 43.2 Å². The molecular weight excluding hydrogens is 438 g/mol. The number of hydrogen-bond donors (Lipinski definition) is 1. The normalized spacial score (nSPS) is 20.8. The molecule has 3 fully saturated rings. The minimum Gasteiger partial charge on any atom is -0.342 e. The summed E-state index contributed by atoms with van der Waals surface area (Å²) in [6, 6.07) is 18.7. The van der Waals surface area contributed by atoms with Gasteiger partial charge in [-0.1, -0.05) is 48.5 Å². The summed E-state index contributed by atoms with van der Waals surface area (Å²) < 4.78 is 0. The number of carbonyl (C=O) groups excluding carboxylic acids is 2. The number of nitrogens with zero attached hydrogens (tertiary/aromatic N) is 4. The van der Waals surface area contributed by atoms with Gasteiger partial charge in [0.05, 0.1) is 5.69 Å². The summed E-state index contributed by atoms with van der Waals surface area (Å²) in [4.78, 5) is 34.3. The molecular formula is C28H27N5O2. The van der Waals surface area contributed by atoms with Crippen LogP contribution in [-0.2, 0) is 9.59 Å². The Morgan fingerprint density at radius 3 is 2.11 bits per heavy atom. The van der Waals surface area contributed by atoms with Crippen LogP contribution in [0.5, 0.6) is 0 Å². The van der Waals surface area contributed by atoms with Crippen molar-refractivity contribution in [3.8, 4) is 22.4 Å². The number of amides is 2. The van der Waals surface area contributed by atoms with Gasteiger partial charge < -0.3 is 4.90 Å². The highest BCUT2D eigenvalue weighted by molar-refractivity contribution is 6.16. The Labute approximate surface area is 203 Å². The summed E-state index contributed by atoms with van der Waals surface area (Å²) in [5.41, 5.74) is 4.80. The molecule has 2 amide bonds. The van der Waals surface area contributed by atoms with Crippen LogP contribution >= 0.6 is 0 Å². The molecule has 0 atom stereocenters. The third kappa shape index (κ3) is 3.57. The highest BCUT2D eigenvalue weighted by atomic mass is 16.2. The quantitative estimate of drug-likeness (QED) is 0.602. The number of benzene rings is 2. The van der Waals surface area contributed by atoms with E-state index < -0.39 is 5.54 Å². The molecule has 2 aliphatic heterocycles. The van der Waals surface area contributed by atoms with E-state index in [1.165, 1.54) is 0 Å². The second-order valence-electron chi connectivity index (χ2n) is 10.4. The molecule has 2 aromatic carbocycles. The number of aromatic amines is 1. The lowest BCUT2D eigenvalue weighted by atomic mass is 9.97. The summed E-state index contributed by atoms with van der Waals surface area (Å²) in [6.45, 7) is 2.16. The zero-order valence-electron chi connectivity index (χ0n) is 19.5. The topological polar surface area (TPSA) is 81.7 Å². The Bertz CT molecular complexity index is 1310. The number of hydrogen-bond acceptors (Lipinski definition) is 4. The van der Waals surface area contributed by atoms with Crippen molar-refractivity contribution in [3.63, 3.8) is 0 Å². The van der Waals surface area contributed by atoms with E-state index in [0.717, 1.165) is 72.6 Å². The number of nitrogens with one attached hydrogen (secondary N) is 1. The van der Waals surface area contributed by atoms with Crippen LogP contribution in [0.1, 0.15) is 31.2 Å². The second kappa shape index (κ2) is 7.63. The SMILES string of the molecule is O=C(C1CC1)N1CC(CN2C(=O)C3(CC3)N=C2c2ccc(-c3ccc(-c4ccn[nH]4)cc3)cc2)C1. The molecule has 2 saturated carbocycles. The average Bonchev–Trinajstić information content (AvgIpc) is 3.78.